The quantitative estimate of drug-likeness (QED) is 0.475. The maximum Gasteiger partial charge on any atom is 0.163 e. The number of hydrogen-bond donors (Lipinski definition) is 1. The molecule has 2 aromatic rings. The number of nitrogens with zero attached hydrogens (tertiary/aromatic N) is 2. The number of terminal acetylenes is 1. The van der Waals surface area contributed by atoms with E-state index in [-0.39, 0.29) is 0 Å². The Labute approximate surface area is 177 Å². The molecule has 0 aromatic heterocycles. The summed E-state index contributed by atoms with van der Waals surface area (Å²) in [5.74, 6) is 3.90. The van der Waals surface area contributed by atoms with Crippen molar-refractivity contribution in [2.45, 2.75) is 6.54 Å². The van der Waals surface area contributed by atoms with E-state index in [9.17, 15) is 0 Å². The van der Waals surface area contributed by atoms with Crippen molar-refractivity contribution in [3.05, 3.63) is 47.5 Å². The Morgan fingerprint density at radius 2 is 1.70 bits per heavy atom. The first-order valence-electron chi connectivity index (χ1n) is 9.81. The van der Waals surface area contributed by atoms with Gasteiger partial charge in [-0.1, -0.05) is 12.0 Å². The number of hydrogen-bond acceptors (Lipinski definition) is 6. The zero-order valence-corrected chi connectivity index (χ0v) is 17.2. The number of benzene rings is 2. The second-order valence-electron chi connectivity index (χ2n) is 6.68. The normalized spacial score (nSPS) is 15.1. The van der Waals surface area contributed by atoms with E-state index < -0.39 is 0 Å². The minimum Gasteiger partial charge on any atom is -0.487 e. The van der Waals surface area contributed by atoms with Gasteiger partial charge in [-0.15, -0.1) is 6.42 Å². The number of ether oxygens (including phenoxy) is 4. The van der Waals surface area contributed by atoms with Gasteiger partial charge in [-0.3, -0.25) is 0 Å². The van der Waals surface area contributed by atoms with E-state index in [1.165, 1.54) is 6.34 Å². The van der Waals surface area contributed by atoms with Gasteiger partial charge in [0, 0.05) is 36.5 Å². The van der Waals surface area contributed by atoms with E-state index in [0.29, 0.717) is 63.4 Å². The van der Waals surface area contributed by atoms with Crippen molar-refractivity contribution in [1.29, 1.82) is 0 Å². The molecule has 1 aliphatic rings. The molecule has 0 fully saturated rings. The number of aliphatic imine (C=N–C) groups is 1. The lowest BCUT2D eigenvalue weighted by Gasteiger charge is -2.22. The highest BCUT2D eigenvalue weighted by Gasteiger charge is 2.15. The predicted molar refractivity (Wildman–Crippen MR) is 118 cm³/mol. The topological polar surface area (TPSA) is 78.5 Å². The number of nitrogens with two attached hydrogens (primary N) is 1. The van der Waals surface area contributed by atoms with Crippen LogP contribution in [-0.2, 0) is 16.0 Å². The maximum absolute atomic E-state index is 5.94. The van der Waals surface area contributed by atoms with Crippen LogP contribution in [0.1, 0.15) is 11.1 Å². The molecule has 30 heavy (non-hydrogen) atoms. The lowest BCUT2D eigenvalue weighted by atomic mass is 10.1. The highest BCUT2D eigenvalue weighted by Crippen LogP contribution is 2.36. The van der Waals surface area contributed by atoms with Crippen molar-refractivity contribution in [3.8, 4) is 23.8 Å². The van der Waals surface area contributed by atoms with Gasteiger partial charge < -0.3 is 29.6 Å². The first-order valence-corrected chi connectivity index (χ1v) is 9.81. The van der Waals surface area contributed by atoms with E-state index >= 15 is 0 Å². The molecule has 7 heteroatoms. The summed E-state index contributed by atoms with van der Waals surface area (Å²) in [4.78, 5) is 6.42. The number of fused-ring (bicyclic) bond motifs is 1. The average molecular weight is 409 g/mol. The molecular formula is C23H27N3O4. The van der Waals surface area contributed by atoms with Crippen LogP contribution in [0.2, 0.25) is 0 Å². The van der Waals surface area contributed by atoms with Gasteiger partial charge in [0.1, 0.15) is 13.2 Å². The van der Waals surface area contributed by atoms with Crippen LogP contribution in [0, 0.1) is 12.3 Å². The van der Waals surface area contributed by atoms with Crippen LogP contribution >= 0.6 is 0 Å². The molecule has 0 spiro atoms. The fraction of sp³-hybridized carbons (Fsp3) is 0.348. The molecule has 0 aliphatic carbocycles. The van der Waals surface area contributed by atoms with Crippen molar-refractivity contribution < 1.29 is 18.9 Å². The van der Waals surface area contributed by atoms with Gasteiger partial charge in [-0.05, 0) is 24.3 Å². The fourth-order valence-corrected chi connectivity index (χ4v) is 3.07. The van der Waals surface area contributed by atoms with E-state index in [0.717, 1.165) is 16.8 Å². The predicted octanol–water partition coefficient (Wildman–Crippen LogP) is 2.73. The molecular weight excluding hydrogens is 382 g/mol. The largest absolute Gasteiger partial charge is 0.487 e. The Morgan fingerprint density at radius 1 is 1.03 bits per heavy atom. The standard InChI is InChI=1S/C23H27N3O4/c1-3-18-5-4-6-20(13-18)26(2)16-19-14-22-23(15-21(19)25-17-24)30-12-10-28-8-7-27-9-11-29-22/h1,4-6,13-15,17H,7-12,16H2,2H3,(H2,24,25). The third kappa shape index (κ3) is 5.89. The molecule has 7 nitrogen and oxygen atoms in total. The molecule has 0 atom stereocenters. The van der Waals surface area contributed by atoms with Crippen molar-refractivity contribution in [1.82, 2.24) is 0 Å². The lowest BCUT2D eigenvalue weighted by Crippen LogP contribution is -2.18. The Morgan fingerprint density at radius 3 is 2.37 bits per heavy atom. The highest BCUT2D eigenvalue weighted by atomic mass is 16.6. The molecule has 0 saturated carbocycles. The SMILES string of the molecule is C#Cc1cccc(N(C)Cc2cc3c(cc2N=CN)OCCOCCOCCO3)c1. The minimum atomic E-state index is 0.403. The number of anilines is 1. The molecule has 0 unspecified atom stereocenters. The number of rotatable bonds is 4. The van der Waals surface area contributed by atoms with Gasteiger partial charge in [0.25, 0.3) is 0 Å². The Balaban J connectivity index is 1.88. The van der Waals surface area contributed by atoms with Gasteiger partial charge >= 0.3 is 0 Å². The summed E-state index contributed by atoms with van der Waals surface area (Å²) in [5, 5.41) is 0. The first-order chi connectivity index (χ1) is 14.7. The van der Waals surface area contributed by atoms with E-state index in [1.807, 2.05) is 43.4 Å². The summed E-state index contributed by atoms with van der Waals surface area (Å²) < 4.78 is 22.8. The van der Waals surface area contributed by atoms with Gasteiger partial charge in [-0.25, -0.2) is 4.99 Å². The molecule has 0 saturated heterocycles. The molecule has 3 rings (SSSR count). The molecule has 2 aromatic carbocycles. The zero-order valence-electron chi connectivity index (χ0n) is 17.2. The molecule has 1 aliphatic heterocycles. The van der Waals surface area contributed by atoms with Crippen molar-refractivity contribution in [3.63, 3.8) is 0 Å². The lowest BCUT2D eigenvalue weighted by molar-refractivity contribution is 0.0223. The van der Waals surface area contributed by atoms with Crippen LogP contribution in [-0.4, -0.2) is 53.0 Å². The van der Waals surface area contributed by atoms with Crippen LogP contribution in [0.25, 0.3) is 0 Å². The van der Waals surface area contributed by atoms with Gasteiger partial charge in [0.2, 0.25) is 0 Å². The Kier molecular flexibility index (Phi) is 7.95. The summed E-state index contributed by atoms with van der Waals surface area (Å²) in [6.07, 6.45) is 6.81. The van der Waals surface area contributed by atoms with Gasteiger partial charge in [0.05, 0.1) is 38.5 Å². The second-order valence-corrected chi connectivity index (χ2v) is 6.68. The summed E-state index contributed by atoms with van der Waals surface area (Å²) in [5.41, 5.74) is 9.08. The smallest absolute Gasteiger partial charge is 0.163 e. The first kappa shape index (κ1) is 21.5. The minimum absolute atomic E-state index is 0.403. The maximum atomic E-state index is 5.94. The Bertz CT molecular complexity index is 908. The Hall–Kier alpha value is -3.21. The van der Waals surface area contributed by atoms with Crippen molar-refractivity contribution in [2.24, 2.45) is 10.7 Å². The molecule has 0 amide bonds. The van der Waals surface area contributed by atoms with Crippen LogP contribution in [0.3, 0.4) is 0 Å². The van der Waals surface area contributed by atoms with Crippen LogP contribution < -0.4 is 20.1 Å². The third-order valence-corrected chi connectivity index (χ3v) is 4.56. The van der Waals surface area contributed by atoms with Crippen molar-refractivity contribution in [2.75, 3.05) is 51.6 Å². The fourth-order valence-electron chi connectivity index (χ4n) is 3.07. The molecule has 0 bridgehead atoms. The van der Waals surface area contributed by atoms with Gasteiger partial charge in [0.15, 0.2) is 11.5 Å². The summed E-state index contributed by atoms with van der Waals surface area (Å²) in [6, 6.07) is 11.6. The van der Waals surface area contributed by atoms with E-state index in [4.69, 9.17) is 31.1 Å². The third-order valence-electron chi connectivity index (χ3n) is 4.56. The molecule has 0 radical (unpaired) electrons. The average Bonchev–Trinajstić information content (AvgIpc) is 2.76. The van der Waals surface area contributed by atoms with E-state index in [2.05, 4.69) is 15.8 Å². The molecule has 1 heterocycles. The second kappa shape index (κ2) is 11.1. The van der Waals surface area contributed by atoms with Crippen LogP contribution in [0.4, 0.5) is 11.4 Å². The van der Waals surface area contributed by atoms with E-state index in [1.54, 1.807) is 0 Å². The summed E-state index contributed by atoms with van der Waals surface area (Å²) >= 11 is 0. The summed E-state index contributed by atoms with van der Waals surface area (Å²) in [7, 11) is 1.99. The zero-order chi connectivity index (χ0) is 21.2. The van der Waals surface area contributed by atoms with Crippen molar-refractivity contribution >= 4 is 17.7 Å². The molecule has 158 valence electrons. The molecule has 2 N–H and O–H groups in total. The van der Waals surface area contributed by atoms with Crippen LogP contribution in [0.15, 0.2) is 41.4 Å². The summed E-state index contributed by atoms with van der Waals surface area (Å²) in [6.45, 7) is 3.40. The monoisotopic (exact) mass is 409 g/mol. The highest BCUT2D eigenvalue weighted by molar-refractivity contribution is 5.66. The van der Waals surface area contributed by atoms with Crippen LogP contribution in [0.5, 0.6) is 11.5 Å². The van der Waals surface area contributed by atoms with Gasteiger partial charge in [-0.2, -0.15) is 0 Å².